The van der Waals surface area contributed by atoms with Crippen molar-refractivity contribution in [2.24, 2.45) is 10.2 Å². The predicted octanol–water partition coefficient (Wildman–Crippen LogP) is 6.92. The summed E-state index contributed by atoms with van der Waals surface area (Å²) in [5.41, 5.74) is 2.99. The van der Waals surface area contributed by atoms with E-state index in [1.807, 2.05) is 103 Å². The minimum Gasteiger partial charge on any atom is -0.489 e. The van der Waals surface area contributed by atoms with E-state index in [2.05, 4.69) is 10.2 Å². The molecule has 0 unspecified atom stereocenters. The Bertz CT molecular complexity index is 1480. The SMILES string of the molecule is O=C1/C(=C/C=C/c2ccccc2)S/C(=N/N=C/c2cccc(OCc3ccccc3)c2)N1Cc1ccco1. The van der Waals surface area contributed by atoms with Crippen molar-refractivity contribution in [3.8, 4) is 5.75 Å². The van der Waals surface area contributed by atoms with Crippen LogP contribution in [-0.4, -0.2) is 22.2 Å². The van der Waals surface area contributed by atoms with E-state index in [0.717, 1.165) is 22.4 Å². The fourth-order valence-electron chi connectivity index (χ4n) is 3.68. The molecule has 0 aliphatic carbocycles. The van der Waals surface area contributed by atoms with Crippen LogP contribution in [0.2, 0.25) is 0 Å². The Balaban J connectivity index is 1.30. The molecule has 3 aromatic carbocycles. The fraction of sp³-hybridized carbons (Fsp3) is 0.0645. The molecule has 0 radical (unpaired) electrons. The van der Waals surface area contributed by atoms with Crippen LogP contribution in [0.15, 0.2) is 135 Å². The molecule has 4 aromatic rings. The predicted molar refractivity (Wildman–Crippen MR) is 153 cm³/mol. The Labute approximate surface area is 225 Å². The number of carbonyl (C=O) groups excluding carboxylic acids is 1. The molecule has 1 aromatic heterocycles. The molecule has 0 bridgehead atoms. The molecule has 1 aliphatic rings. The van der Waals surface area contributed by atoms with Crippen LogP contribution in [0.1, 0.15) is 22.5 Å². The van der Waals surface area contributed by atoms with Crippen molar-refractivity contribution < 1.29 is 13.9 Å². The molecule has 1 aliphatic heterocycles. The Morgan fingerprint density at radius 2 is 1.68 bits per heavy atom. The van der Waals surface area contributed by atoms with Crippen molar-refractivity contribution in [3.05, 3.63) is 143 Å². The van der Waals surface area contributed by atoms with Crippen molar-refractivity contribution >= 4 is 35.1 Å². The molecule has 5 rings (SSSR count). The lowest BCUT2D eigenvalue weighted by molar-refractivity contribution is -0.122. The second-order valence-corrected chi connectivity index (χ2v) is 9.36. The van der Waals surface area contributed by atoms with Gasteiger partial charge in [0.15, 0.2) is 5.17 Å². The molecule has 38 heavy (non-hydrogen) atoms. The first kappa shape index (κ1) is 25.0. The van der Waals surface area contributed by atoms with Crippen LogP contribution in [0.5, 0.6) is 5.75 Å². The van der Waals surface area contributed by atoms with Gasteiger partial charge in [0.1, 0.15) is 18.1 Å². The highest BCUT2D eigenvalue weighted by molar-refractivity contribution is 8.18. The maximum Gasteiger partial charge on any atom is 0.267 e. The summed E-state index contributed by atoms with van der Waals surface area (Å²) in [4.78, 5) is 15.3. The number of carbonyl (C=O) groups is 1. The molecule has 1 saturated heterocycles. The van der Waals surface area contributed by atoms with Gasteiger partial charge in [0.25, 0.3) is 5.91 Å². The standard InChI is InChI=1S/C31H25N3O3S/c35-30-29(18-8-14-24-10-3-1-4-11-24)38-31(34(30)22-28-17-9-19-36-28)33-32-21-26-15-7-16-27(20-26)37-23-25-12-5-2-6-13-25/h1-21H,22-23H2/b14-8+,29-18-,32-21+,33-31+. The molecule has 1 amide bonds. The summed E-state index contributed by atoms with van der Waals surface area (Å²) in [6.07, 6.45) is 8.86. The molecule has 7 heteroatoms. The number of nitrogens with zero attached hydrogens (tertiary/aromatic N) is 3. The van der Waals surface area contributed by atoms with Crippen LogP contribution in [0.25, 0.3) is 6.08 Å². The van der Waals surface area contributed by atoms with Gasteiger partial charge in [-0.3, -0.25) is 9.69 Å². The maximum atomic E-state index is 13.2. The number of hydrogen-bond donors (Lipinski definition) is 0. The summed E-state index contributed by atoms with van der Waals surface area (Å²) < 4.78 is 11.4. The number of rotatable bonds is 9. The van der Waals surface area contributed by atoms with Crippen molar-refractivity contribution in [1.82, 2.24) is 4.90 Å². The lowest BCUT2D eigenvalue weighted by Crippen LogP contribution is -2.28. The van der Waals surface area contributed by atoms with Crippen LogP contribution in [0, 0.1) is 0 Å². The third-order valence-corrected chi connectivity index (χ3v) is 6.59. The van der Waals surface area contributed by atoms with Gasteiger partial charge in [-0.15, -0.1) is 5.10 Å². The van der Waals surface area contributed by atoms with E-state index in [4.69, 9.17) is 9.15 Å². The number of allylic oxidation sites excluding steroid dienone is 2. The number of furan rings is 1. The zero-order valence-corrected chi connectivity index (χ0v) is 21.3. The molecule has 0 N–H and O–H groups in total. The van der Waals surface area contributed by atoms with Gasteiger partial charge >= 0.3 is 0 Å². The lowest BCUT2D eigenvalue weighted by Gasteiger charge is -2.12. The van der Waals surface area contributed by atoms with E-state index < -0.39 is 0 Å². The van der Waals surface area contributed by atoms with Crippen molar-refractivity contribution in [1.29, 1.82) is 0 Å². The monoisotopic (exact) mass is 519 g/mol. The minimum atomic E-state index is -0.144. The number of amidine groups is 1. The molecule has 2 heterocycles. The largest absolute Gasteiger partial charge is 0.489 e. The van der Waals surface area contributed by atoms with Crippen LogP contribution < -0.4 is 4.74 Å². The Kier molecular flexibility index (Phi) is 8.28. The minimum absolute atomic E-state index is 0.144. The lowest BCUT2D eigenvalue weighted by atomic mass is 10.2. The topological polar surface area (TPSA) is 67.4 Å². The van der Waals surface area contributed by atoms with Gasteiger partial charge in [0, 0.05) is 0 Å². The van der Waals surface area contributed by atoms with E-state index >= 15 is 0 Å². The Morgan fingerprint density at radius 1 is 0.895 bits per heavy atom. The highest BCUT2D eigenvalue weighted by Crippen LogP contribution is 2.32. The zero-order chi connectivity index (χ0) is 26.0. The summed E-state index contributed by atoms with van der Waals surface area (Å²) in [5.74, 6) is 1.26. The highest BCUT2D eigenvalue weighted by Gasteiger charge is 2.33. The summed E-state index contributed by atoms with van der Waals surface area (Å²) in [5, 5.41) is 9.14. The molecule has 0 spiro atoms. The van der Waals surface area contributed by atoms with E-state index in [9.17, 15) is 4.79 Å². The smallest absolute Gasteiger partial charge is 0.267 e. The van der Waals surface area contributed by atoms with Crippen LogP contribution >= 0.6 is 11.8 Å². The molecule has 0 atom stereocenters. The summed E-state index contributed by atoms with van der Waals surface area (Å²) in [7, 11) is 0. The summed E-state index contributed by atoms with van der Waals surface area (Å²) >= 11 is 1.28. The van der Waals surface area contributed by atoms with E-state index in [1.165, 1.54) is 11.8 Å². The summed E-state index contributed by atoms with van der Waals surface area (Å²) in [6, 6.07) is 31.2. The van der Waals surface area contributed by atoms with Gasteiger partial charge in [-0.05, 0) is 58.8 Å². The van der Waals surface area contributed by atoms with E-state index in [1.54, 1.807) is 29.5 Å². The van der Waals surface area contributed by atoms with Crippen molar-refractivity contribution in [2.45, 2.75) is 13.2 Å². The van der Waals surface area contributed by atoms with Crippen LogP contribution in [0.4, 0.5) is 0 Å². The molecule has 0 saturated carbocycles. The third kappa shape index (κ3) is 6.78. The molecule has 188 valence electrons. The van der Waals surface area contributed by atoms with Gasteiger partial charge in [-0.25, -0.2) is 0 Å². The van der Waals surface area contributed by atoms with Gasteiger partial charge in [-0.1, -0.05) is 84.9 Å². The highest BCUT2D eigenvalue weighted by atomic mass is 32.2. The number of hydrogen-bond acceptors (Lipinski definition) is 6. The van der Waals surface area contributed by atoms with E-state index in [-0.39, 0.29) is 12.5 Å². The number of thioether (sulfide) groups is 1. The fourth-order valence-corrected chi connectivity index (χ4v) is 4.56. The van der Waals surface area contributed by atoms with Crippen LogP contribution in [-0.2, 0) is 17.9 Å². The first-order valence-electron chi connectivity index (χ1n) is 12.1. The van der Waals surface area contributed by atoms with Crippen molar-refractivity contribution in [3.63, 3.8) is 0 Å². The maximum absolute atomic E-state index is 13.2. The quantitative estimate of drug-likeness (QED) is 0.137. The molecule has 6 nitrogen and oxygen atoms in total. The van der Waals surface area contributed by atoms with Crippen LogP contribution in [0.3, 0.4) is 0 Å². The van der Waals surface area contributed by atoms with Gasteiger partial charge in [-0.2, -0.15) is 5.10 Å². The first-order chi connectivity index (χ1) is 18.7. The summed E-state index contributed by atoms with van der Waals surface area (Å²) in [6.45, 7) is 0.758. The normalized spacial score (nSPS) is 15.9. The van der Waals surface area contributed by atoms with Gasteiger partial charge in [0.05, 0.1) is 23.9 Å². The number of amides is 1. The second kappa shape index (κ2) is 12.6. The second-order valence-electron chi connectivity index (χ2n) is 8.35. The molecule has 1 fully saturated rings. The zero-order valence-electron chi connectivity index (χ0n) is 20.5. The third-order valence-electron chi connectivity index (χ3n) is 5.57. The Morgan fingerprint density at radius 3 is 2.47 bits per heavy atom. The average Bonchev–Trinajstić information content (AvgIpc) is 3.58. The Hall–Kier alpha value is -4.62. The van der Waals surface area contributed by atoms with Crippen molar-refractivity contribution in [2.75, 3.05) is 0 Å². The first-order valence-corrected chi connectivity index (χ1v) is 12.9. The number of benzene rings is 3. The molecular formula is C31H25N3O3S. The average molecular weight is 520 g/mol. The molecular weight excluding hydrogens is 494 g/mol. The number of ether oxygens (including phenoxy) is 1. The van der Waals surface area contributed by atoms with Gasteiger partial charge < -0.3 is 9.15 Å². The van der Waals surface area contributed by atoms with E-state index in [0.29, 0.717) is 22.4 Å². The van der Waals surface area contributed by atoms with Gasteiger partial charge in [0.2, 0.25) is 0 Å².